The summed E-state index contributed by atoms with van der Waals surface area (Å²) in [5.74, 6) is -0.230. The van der Waals surface area contributed by atoms with Crippen molar-refractivity contribution in [3.05, 3.63) is 35.9 Å². The molecule has 0 bridgehead atoms. The van der Waals surface area contributed by atoms with Crippen LogP contribution in [0, 0.1) is 0 Å². The number of carbonyl (C=O) groups is 1. The van der Waals surface area contributed by atoms with Gasteiger partial charge >= 0.3 is 5.97 Å². The first-order valence-electron chi connectivity index (χ1n) is 4.33. The van der Waals surface area contributed by atoms with Crippen molar-refractivity contribution in [3.63, 3.8) is 0 Å². The Labute approximate surface area is 88.9 Å². The maximum Gasteiger partial charge on any atom is 0.338 e. The molecule has 0 unspecified atom stereocenters. The summed E-state index contributed by atoms with van der Waals surface area (Å²) in [5, 5.41) is 3.04. The van der Waals surface area contributed by atoms with Gasteiger partial charge in [0.05, 0.1) is 5.56 Å². The van der Waals surface area contributed by atoms with E-state index in [4.69, 9.17) is 4.74 Å². The highest BCUT2D eigenvalue weighted by molar-refractivity contribution is 5.89. The van der Waals surface area contributed by atoms with Crippen molar-refractivity contribution in [2.24, 2.45) is 0 Å². The van der Waals surface area contributed by atoms with E-state index in [9.17, 15) is 4.79 Å². The van der Waals surface area contributed by atoms with E-state index in [-0.39, 0.29) is 24.5 Å². The predicted molar refractivity (Wildman–Crippen MR) is 55.8 cm³/mol. The van der Waals surface area contributed by atoms with E-state index < -0.39 is 0 Å². The summed E-state index contributed by atoms with van der Waals surface area (Å²) in [6.45, 7) is 1.55. The van der Waals surface area contributed by atoms with Gasteiger partial charge in [0.15, 0.2) is 0 Å². The van der Waals surface area contributed by atoms with E-state index in [1.54, 1.807) is 12.1 Å². The van der Waals surface area contributed by atoms with Crippen LogP contribution in [0.5, 0.6) is 0 Å². The van der Waals surface area contributed by atoms with Crippen molar-refractivity contribution in [1.29, 1.82) is 0 Å². The summed E-state index contributed by atoms with van der Waals surface area (Å²) in [7, 11) is 0. The van der Waals surface area contributed by atoms with Crippen LogP contribution < -0.4 is 5.32 Å². The second kappa shape index (κ2) is 4.98. The number of hydrogen-bond donors (Lipinski definition) is 1. The highest BCUT2D eigenvalue weighted by Crippen LogP contribution is 2.05. The van der Waals surface area contributed by atoms with Crippen LogP contribution in [0.2, 0.25) is 0 Å². The van der Waals surface area contributed by atoms with Gasteiger partial charge in [0, 0.05) is 13.1 Å². The van der Waals surface area contributed by atoms with Crippen LogP contribution in [-0.4, -0.2) is 25.2 Å². The number of halogens is 1. The minimum Gasteiger partial charge on any atom is -0.456 e. The molecule has 1 aliphatic rings. The summed E-state index contributed by atoms with van der Waals surface area (Å²) in [6, 6.07) is 9.05. The first-order chi connectivity index (χ1) is 6.36. The molecule has 4 heteroatoms. The van der Waals surface area contributed by atoms with E-state index in [1.165, 1.54) is 0 Å². The molecular weight excluding hydrogens is 202 g/mol. The van der Waals surface area contributed by atoms with Crippen LogP contribution in [-0.2, 0) is 4.74 Å². The maximum atomic E-state index is 11.4. The normalized spacial score (nSPS) is 15.1. The smallest absolute Gasteiger partial charge is 0.338 e. The van der Waals surface area contributed by atoms with Crippen molar-refractivity contribution < 1.29 is 9.53 Å². The van der Waals surface area contributed by atoms with E-state index in [1.807, 2.05) is 18.2 Å². The molecule has 1 saturated heterocycles. The van der Waals surface area contributed by atoms with Crippen molar-refractivity contribution >= 4 is 18.4 Å². The Morgan fingerprint density at radius 3 is 2.43 bits per heavy atom. The fourth-order valence-corrected chi connectivity index (χ4v) is 1.14. The first kappa shape index (κ1) is 11.0. The molecule has 0 spiro atoms. The number of benzene rings is 1. The van der Waals surface area contributed by atoms with Crippen LogP contribution in [0.4, 0.5) is 0 Å². The topological polar surface area (TPSA) is 38.3 Å². The molecule has 3 nitrogen and oxygen atoms in total. The van der Waals surface area contributed by atoms with Gasteiger partial charge in [-0.3, -0.25) is 0 Å². The van der Waals surface area contributed by atoms with Gasteiger partial charge in [-0.15, -0.1) is 12.4 Å². The molecule has 0 amide bonds. The molecule has 0 saturated carbocycles. The molecule has 1 heterocycles. The second-order valence-electron chi connectivity index (χ2n) is 3.05. The molecule has 0 aromatic heterocycles. The Balaban J connectivity index is 0.000000980. The number of carbonyl (C=O) groups excluding carboxylic acids is 1. The van der Waals surface area contributed by atoms with Gasteiger partial charge in [-0.2, -0.15) is 0 Å². The van der Waals surface area contributed by atoms with Gasteiger partial charge < -0.3 is 10.1 Å². The molecule has 1 aromatic carbocycles. The number of nitrogens with one attached hydrogen (secondary N) is 1. The molecule has 1 aromatic rings. The summed E-state index contributed by atoms with van der Waals surface area (Å²) in [5.41, 5.74) is 0.620. The summed E-state index contributed by atoms with van der Waals surface area (Å²) < 4.78 is 5.17. The monoisotopic (exact) mass is 213 g/mol. The number of rotatable bonds is 2. The van der Waals surface area contributed by atoms with Gasteiger partial charge in [0.2, 0.25) is 0 Å². The molecule has 1 N–H and O–H groups in total. The molecule has 14 heavy (non-hydrogen) atoms. The number of ether oxygens (including phenoxy) is 1. The Bertz CT molecular complexity index is 298. The zero-order chi connectivity index (χ0) is 9.10. The van der Waals surface area contributed by atoms with Gasteiger partial charge in [-0.1, -0.05) is 18.2 Å². The highest BCUT2D eigenvalue weighted by Gasteiger charge is 2.21. The zero-order valence-electron chi connectivity index (χ0n) is 7.60. The van der Waals surface area contributed by atoms with Crippen LogP contribution >= 0.6 is 12.4 Å². The maximum absolute atomic E-state index is 11.4. The Kier molecular flexibility index (Phi) is 3.92. The highest BCUT2D eigenvalue weighted by atomic mass is 35.5. The summed E-state index contributed by atoms with van der Waals surface area (Å²) in [6.07, 6.45) is 0.0627. The SMILES string of the molecule is Cl.O=C(OC1CNC1)c1ccccc1. The molecule has 0 aliphatic carbocycles. The molecule has 0 radical (unpaired) electrons. The molecule has 2 rings (SSSR count). The lowest BCUT2D eigenvalue weighted by Crippen LogP contribution is -2.49. The van der Waals surface area contributed by atoms with Gasteiger partial charge in [-0.25, -0.2) is 4.79 Å². The fraction of sp³-hybridized carbons (Fsp3) is 0.300. The van der Waals surface area contributed by atoms with E-state index in [0.29, 0.717) is 5.56 Å². The molecule has 76 valence electrons. The van der Waals surface area contributed by atoms with E-state index in [2.05, 4.69) is 5.32 Å². The van der Waals surface area contributed by atoms with Gasteiger partial charge in [-0.05, 0) is 12.1 Å². The van der Waals surface area contributed by atoms with Crippen molar-refractivity contribution in [1.82, 2.24) is 5.32 Å². The molecule has 1 fully saturated rings. The van der Waals surface area contributed by atoms with Crippen LogP contribution in [0.1, 0.15) is 10.4 Å². The van der Waals surface area contributed by atoms with E-state index >= 15 is 0 Å². The predicted octanol–water partition coefficient (Wildman–Crippen LogP) is 1.24. The third-order valence-electron chi connectivity index (χ3n) is 2.03. The lowest BCUT2D eigenvalue weighted by molar-refractivity contribution is 0.0169. The Morgan fingerprint density at radius 2 is 1.93 bits per heavy atom. The average Bonchev–Trinajstić information content (AvgIpc) is 2.12. The average molecular weight is 214 g/mol. The first-order valence-corrected chi connectivity index (χ1v) is 4.33. The third kappa shape index (κ3) is 2.47. The fourth-order valence-electron chi connectivity index (χ4n) is 1.14. The van der Waals surface area contributed by atoms with Crippen molar-refractivity contribution in [3.8, 4) is 0 Å². The van der Waals surface area contributed by atoms with Crippen LogP contribution in [0.25, 0.3) is 0 Å². The standard InChI is InChI=1S/C10H11NO2.ClH/c12-10(13-9-6-11-7-9)8-4-2-1-3-5-8;/h1-5,9,11H,6-7H2;1H. The lowest BCUT2D eigenvalue weighted by Gasteiger charge is -2.26. The molecule has 0 atom stereocenters. The zero-order valence-corrected chi connectivity index (χ0v) is 8.42. The third-order valence-corrected chi connectivity index (χ3v) is 2.03. The quantitative estimate of drug-likeness (QED) is 0.752. The van der Waals surface area contributed by atoms with E-state index in [0.717, 1.165) is 13.1 Å². The molecular formula is C10H12ClNO2. The minimum absolute atomic E-state index is 0. The van der Waals surface area contributed by atoms with Crippen molar-refractivity contribution in [2.45, 2.75) is 6.10 Å². The van der Waals surface area contributed by atoms with Crippen LogP contribution in [0.15, 0.2) is 30.3 Å². The van der Waals surface area contributed by atoms with Gasteiger partial charge in [0.25, 0.3) is 0 Å². The number of esters is 1. The second-order valence-corrected chi connectivity index (χ2v) is 3.05. The Hall–Kier alpha value is -1.06. The van der Waals surface area contributed by atoms with Gasteiger partial charge in [0.1, 0.15) is 6.10 Å². The van der Waals surface area contributed by atoms with Crippen molar-refractivity contribution in [2.75, 3.05) is 13.1 Å². The summed E-state index contributed by atoms with van der Waals surface area (Å²) in [4.78, 5) is 11.4. The minimum atomic E-state index is -0.230. The summed E-state index contributed by atoms with van der Waals surface area (Å²) >= 11 is 0. The molecule has 1 aliphatic heterocycles. The lowest BCUT2D eigenvalue weighted by atomic mass is 10.2. The number of hydrogen-bond acceptors (Lipinski definition) is 3. The Morgan fingerprint density at radius 1 is 1.29 bits per heavy atom. The largest absolute Gasteiger partial charge is 0.456 e. The van der Waals surface area contributed by atoms with Crippen LogP contribution in [0.3, 0.4) is 0 Å².